The van der Waals surface area contributed by atoms with Gasteiger partial charge in [-0.05, 0) is 24.3 Å². The molecular weight excluding hydrogens is 381 g/mol. The number of fused-ring (bicyclic) bond motifs is 1. The van der Waals surface area contributed by atoms with E-state index < -0.39 is 6.36 Å². The zero-order valence-corrected chi connectivity index (χ0v) is 14.6. The SMILES string of the molecule is Cn1cc(-c2cn(-c3ccc(OC(F)(F)F)cc3)c(=O)c3scnc23)cn1. The lowest BCUT2D eigenvalue weighted by Gasteiger charge is -2.11. The number of ether oxygens (including phenoxy) is 1. The van der Waals surface area contributed by atoms with Gasteiger partial charge in [0, 0.05) is 36.3 Å². The molecule has 3 aromatic heterocycles. The second kappa shape index (κ2) is 6.23. The van der Waals surface area contributed by atoms with Crippen LogP contribution in [0, 0.1) is 0 Å². The Morgan fingerprint density at radius 1 is 1.15 bits per heavy atom. The van der Waals surface area contributed by atoms with Gasteiger partial charge in [0.25, 0.3) is 5.56 Å². The Bertz CT molecular complexity index is 1180. The number of hydrogen-bond donors (Lipinski definition) is 0. The Morgan fingerprint density at radius 2 is 1.89 bits per heavy atom. The molecule has 3 heterocycles. The van der Waals surface area contributed by atoms with Crippen molar-refractivity contribution in [3.63, 3.8) is 0 Å². The van der Waals surface area contributed by atoms with Crippen LogP contribution in [0.25, 0.3) is 27.0 Å². The molecule has 6 nitrogen and oxygen atoms in total. The highest BCUT2D eigenvalue weighted by Crippen LogP contribution is 2.29. The van der Waals surface area contributed by atoms with E-state index in [9.17, 15) is 18.0 Å². The Balaban J connectivity index is 1.85. The third-order valence-corrected chi connectivity index (χ3v) is 4.67. The zero-order valence-electron chi connectivity index (χ0n) is 13.8. The Hall–Kier alpha value is -3.14. The number of aromatic nitrogens is 4. The number of thiazole rings is 1. The molecule has 1 aromatic carbocycles. The highest BCUT2D eigenvalue weighted by Gasteiger charge is 2.31. The number of benzene rings is 1. The predicted octanol–water partition coefficient (Wildman–Crippen LogP) is 3.75. The first-order chi connectivity index (χ1) is 12.8. The molecule has 0 spiro atoms. The predicted molar refractivity (Wildman–Crippen MR) is 94.1 cm³/mol. The minimum Gasteiger partial charge on any atom is -0.406 e. The molecule has 0 N–H and O–H groups in total. The largest absolute Gasteiger partial charge is 0.573 e. The molecule has 27 heavy (non-hydrogen) atoms. The molecule has 0 aliphatic carbocycles. The van der Waals surface area contributed by atoms with Crippen LogP contribution in [0.2, 0.25) is 0 Å². The lowest BCUT2D eigenvalue weighted by Crippen LogP contribution is -2.18. The van der Waals surface area contributed by atoms with Gasteiger partial charge in [-0.3, -0.25) is 14.0 Å². The summed E-state index contributed by atoms with van der Waals surface area (Å²) in [5.74, 6) is -0.356. The van der Waals surface area contributed by atoms with E-state index in [-0.39, 0.29) is 11.3 Å². The van der Waals surface area contributed by atoms with Crippen molar-refractivity contribution in [1.82, 2.24) is 19.3 Å². The number of rotatable bonds is 3. The first kappa shape index (κ1) is 17.3. The van der Waals surface area contributed by atoms with Crippen LogP contribution in [0.5, 0.6) is 5.75 Å². The van der Waals surface area contributed by atoms with Crippen molar-refractivity contribution in [1.29, 1.82) is 0 Å². The van der Waals surface area contributed by atoms with Crippen LogP contribution in [0.1, 0.15) is 0 Å². The van der Waals surface area contributed by atoms with Gasteiger partial charge in [0.05, 0.1) is 17.2 Å². The Morgan fingerprint density at radius 3 is 2.52 bits per heavy atom. The van der Waals surface area contributed by atoms with Gasteiger partial charge >= 0.3 is 6.36 Å². The molecule has 0 aliphatic rings. The molecular formula is C17H11F3N4O2S. The summed E-state index contributed by atoms with van der Waals surface area (Å²) in [5.41, 5.74) is 3.73. The van der Waals surface area contributed by atoms with Crippen LogP contribution >= 0.6 is 11.3 Å². The monoisotopic (exact) mass is 392 g/mol. The third kappa shape index (κ3) is 3.31. The maximum absolute atomic E-state index is 12.8. The van der Waals surface area contributed by atoms with Gasteiger partial charge in [-0.15, -0.1) is 24.5 Å². The normalized spacial score (nSPS) is 11.9. The van der Waals surface area contributed by atoms with E-state index in [1.54, 1.807) is 35.8 Å². The summed E-state index contributed by atoms with van der Waals surface area (Å²) in [4.78, 5) is 17.1. The quantitative estimate of drug-likeness (QED) is 0.533. The standard InChI is InChI=1S/C17H11F3N4O2S/c1-23-7-10(6-22-23)13-8-24(16(25)15-14(13)21-9-27-15)11-2-4-12(5-3-11)26-17(18,19)20/h2-9H,1H3. The van der Waals surface area contributed by atoms with Crippen LogP contribution in [0.15, 0.2) is 53.2 Å². The van der Waals surface area contributed by atoms with E-state index in [1.165, 1.54) is 28.0 Å². The van der Waals surface area contributed by atoms with Crippen molar-refractivity contribution in [3.8, 4) is 22.6 Å². The van der Waals surface area contributed by atoms with Crippen molar-refractivity contribution in [2.45, 2.75) is 6.36 Å². The maximum Gasteiger partial charge on any atom is 0.573 e. The summed E-state index contributed by atoms with van der Waals surface area (Å²) in [5, 5.41) is 4.14. The Labute approximate surface area is 154 Å². The first-order valence-electron chi connectivity index (χ1n) is 7.66. The van der Waals surface area contributed by atoms with Gasteiger partial charge in [0.2, 0.25) is 0 Å². The molecule has 0 aliphatic heterocycles. The molecule has 0 unspecified atom stereocenters. The van der Waals surface area contributed by atoms with E-state index in [4.69, 9.17) is 0 Å². The molecule has 0 fully saturated rings. The van der Waals surface area contributed by atoms with Crippen LogP contribution in [0.4, 0.5) is 13.2 Å². The molecule has 0 saturated carbocycles. The van der Waals surface area contributed by atoms with Crippen molar-refractivity contribution in [2.24, 2.45) is 7.05 Å². The fraction of sp³-hybridized carbons (Fsp3) is 0.118. The van der Waals surface area contributed by atoms with E-state index in [2.05, 4.69) is 14.8 Å². The number of hydrogen-bond acceptors (Lipinski definition) is 5. The summed E-state index contributed by atoms with van der Waals surface area (Å²) in [7, 11) is 1.77. The molecule has 0 saturated heterocycles. The minimum absolute atomic E-state index is 0.301. The van der Waals surface area contributed by atoms with E-state index in [1.807, 2.05) is 0 Å². The smallest absolute Gasteiger partial charge is 0.406 e. The van der Waals surface area contributed by atoms with Gasteiger partial charge < -0.3 is 4.74 Å². The van der Waals surface area contributed by atoms with E-state index in [0.29, 0.717) is 21.5 Å². The van der Waals surface area contributed by atoms with Gasteiger partial charge in [0.1, 0.15) is 10.4 Å². The highest BCUT2D eigenvalue weighted by molar-refractivity contribution is 7.16. The topological polar surface area (TPSA) is 61.9 Å². The Kier molecular flexibility index (Phi) is 3.99. The summed E-state index contributed by atoms with van der Waals surface area (Å²) >= 11 is 1.20. The van der Waals surface area contributed by atoms with Gasteiger partial charge in [0.15, 0.2) is 0 Å². The second-order valence-electron chi connectivity index (χ2n) is 5.69. The summed E-state index contributed by atoms with van der Waals surface area (Å²) in [6.45, 7) is 0. The molecule has 10 heteroatoms. The number of pyridine rings is 1. The number of nitrogens with zero attached hydrogens (tertiary/aromatic N) is 4. The summed E-state index contributed by atoms with van der Waals surface area (Å²) in [6, 6.07) is 5.11. The lowest BCUT2D eigenvalue weighted by atomic mass is 10.1. The third-order valence-electron chi connectivity index (χ3n) is 3.86. The molecule has 0 bridgehead atoms. The van der Waals surface area contributed by atoms with Gasteiger partial charge in [-0.1, -0.05) is 0 Å². The average molecular weight is 392 g/mol. The van der Waals surface area contributed by atoms with Gasteiger partial charge in [-0.2, -0.15) is 5.10 Å². The van der Waals surface area contributed by atoms with Crippen molar-refractivity contribution in [2.75, 3.05) is 0 Å². The number of aryl methyl sites for hydroxylation is 1. The van der Waals surface area contributed by atoms with Crippen LogP contribution in [-0.4, -0.2) is 25.7 Å². The van der Waals surface area contributed by atoms with Gasteiger partial charge in [-0.25, -0.2) is 4.98 Å². The van der Waals surface area contributed by atoms with Crippen LogP contribution in [0.3, 0.4) is 0 Å². The number of alkyl halides is 3. The maximum atomic E-state index is 12.8. The molecule has 4 rings (SSSR count). The molecule has 0 amide bonds. The molecule has 4 aromatic rings. The highest BCUT2D eigenvalue weighted by atomic mass is 32.1. The van der Waals surface area contributed by atoms with Crippen LogP contribution < -0.4 is 10.3 Å². The van der Waals surface area contributed by atoms with Crippen molar-refractivity contribution < 1.29 is 17.9 Å². The number of halogens is 3. The van der Waals surface area contributed by atoms with E-state index >= 15 is 0 Å². The lowest BCUT2D eigenvalue weighted by molar-refractivity contribution is -0.274. The van der Waals surface area contributed by atoms with E-state index in [0.717, 1.165) is 17.7 Å². The zero-order chi connectivity index (χ0) is 19.2. The fourth-order valence-electron chi connectivity index (χ4n) is 2.72. The second-order valence-corrected chi connectivity index (χ2v) is 6.55. The fourth-order valence-corrected chi connectivity index (χ4v) is 3.46. The van der Waals surface area contributed by atoms with Crippen LogP contribution in [-0.2, 0) is 7.05 Å². The average Bonchev–Trinajstić information content (AvgIpc) is 3.24. The van der Waals surface area contributed by atoms with Crippen molar-refractivity contribution >= 4 is 21.6 Å². The molecule has 0 radical (unpaired) electrons. The first-order valence-corrected chi connectivity index (χ1v) is 8.54. The molecule has 0 atom stereocenters. The summed E-state index contributed by atoms with van der Waals surface area (Å²) < 4.78 is 44.3. The summed E-state index contributed by atoms with van der Waals surface area (Å²) in [6.07, 6.45) is 0.292. The minimum atomic E-state index is -4.77. The van der Waals surface area contributed by atoms with Crippen molar-refractivity contribution in [3.05, 3.63) is 58.7 Å². The molecule has 138 valence electrons.